The van der Waals surface area contributed by atoms with Crippen molar-refractivity contribution in [2.24, 2.45) is 0 Å². The lowest BCUT2D eigenvalue weighted by molar-refractivity contribution is 0.0253. The SMILES string of the molecule is CN(CC1(N(C)C)CCC1)C(=O)c1ccc(F)cc1N. The van der Waals surface area contributed by atoms with E-state index in [4.69, 9.17) is 5.73 Å². The number of amides is 1. The standard InChI is InChI=1S/C15H22FN3O/c1-18(2)15(7-4-8-15)10-19(3)14(20)12-6-5-11(16)9-13(12)17/h5-6,9H,4,7-8,10,17H2,1-3H3. The van der Waals surface area contributed by atoms with Crippen LogP contribution in [0.4, 0.5) is 10.1 Å². The molecule has 0 radical (unpaired) electrons. The number of likely N-dealkylation sites (N-methyl/N-ethyl adjacent to an activating group) is 2. The Hall–Kier alpha value is -1.62. The van der Waals surface area contributed by atoms with Gasteiger partial charge in [-0.25, -0.2) is 4.39 Å². The number of nitrogen functional groups attached to an aromatic ring is 1. The van der Waals surface area contributed by atoms with Crippen LogP contribution in [0.3, 0.4) is 0 Å². The zero-order valence-electron chi connectivity index (χ0n) is 12.3. The Kier molecular flexibility index (Phi) is 3.99. The molecule has 0 saturated heterocycles. The predicted molar refractivity (Wildman–Crippen MR) is 78.0 cm³/mol. The molecule has 1 fully saturated rings. The third kappa shape index (κ3) is 2.63. The van der Waals surface area contributed by atoms with Gasteiger partial charge in [0.25, 0.3) is 5.91 Å². The van der Waals surface area contributed by atoms with E-state index >= 15 is 0 Å². The first-order valence-electron chi connectivity index (χ1n) is 6.84. The van der Waals surface area contributed by atoms with Crippen molar-refractivity contribution in [2.45, 2.75) is 24.8 Å². The van der Waals surface area contributed by atoms with Gasteiger partial charge in [-0.2, -0.15) is 0 Å². The van der Waals surface area contributed by atoms with Gasteiger partial charge in [-0.15, -0.1) is 0 Å². The van der Waals surface area contributed by atoms with Crippen molar-refractivity contribution < 1.29 is 9.18 Å². The van der Waals surface area contributed by atoms with Crippen molar-refractivity contribution in [3.63, 3.8) is 0 Å². The third-order valence-corrected chi connectivity index (χ3v) is 4.36. The van der Waals surface area contributed by atoms with Crippen LogP contribution in [0, 0.1) is 5.82 Å². The second-order valence-electron chi connectivity index (χ2n) is 5.87. The topological polar surface area (TPSA) is 49.6 Å². The molecule has 20 heavy (non-hydrogen) atoms. The van der Waals surface area contributed by atoms with E-state index in [1.54, 1.807) is 11.9 Å². The number of carbonyl (C=O) groups excluding carboxylic acids is 1. The first kappa shape index (κ1) is 14.8. The van der Waals surface area contributed by atoms with Gasteiger partial charge < -0.3 is 15.5 Å². The largest absolute Gasteiger partial charge is 0.398 e. The molecule has 1 amide bonds. The van der Waals surface area contributed by atoms with Crippen LogP contribution in [0.2, 0.25) is 0 Å². The number of nitrogens with two attached hydrogens (primary N) is 1. The van der Waals surface area contributed by atoms with Crippen molar-refractivity contribution in [1.29, 1.82) is 0 Å². The van der Waals surface area contributed by atoms with Crippen LogP contribution in [-0.4, -0.2) is 48.9 Å². The lowest BCUT2D eigenvalue weighted by Gasteiger charge is -2.49. The predicted octanol–water partition coefficient (Wildman–Crippen LogP) is 1.96. The maximum absolute atomic E-state index is 13.0. The lowest BCUT2D eigenvalue weighted by atomic mass is 9.75. The summed E-state index contributed by atoms with van der Waals surface area (Å²) in [5.41, 5.74) is 6.35. The summed E-state index contributed by atoms with van der Waals surface area (Å²) < 4.78 is 13.0. The second-order valence-corrected chi connectivity index (χ2v) is 5.87. The number of halogens is 1. The number of rotatable bonds is 4. The monoisotopic (exact) mass is 279 g/mol. The molecule has 0 heterocycles. The highest BCUT2D eigenvalue weighted by molar-refractivity contribution is 5.99. The zero-order valence-corrected chi connectivity index (χ0v) is 12.3. The Morgan fingerprint density at radius 2 is 2.00 bits per heavy atom. The van der Waals surface area contributed by atoms with Gasteiger partial charge in [-0.3, -0.25) is 4.79 Å². The fourth-order valence-corrected chi connectivity index (χ4v) is 2.78. The van der Waals surface area contributed by atoms with Crippen LogP contribution in [0.1, 0.15) is 29.6 Å². The van der Waals surface area contributed by atoms with Gasteiger partial charge in [0.05, 0.1) is 5.56 Å². The summed E-state index contributed by atoms with van der Waals surface area (Å²) >= 11 is 0. The van der Waals surface area contributed by atoms with Crippen LogP contribution in [0.25, 0.3) is 0 Å². The number of hydrogen-bond acceptors (Lipinski definition) is 3. The van der Waals surface area contributed by atoms with E-state index in [-0.39, 0.29) is 17.1 Å². The summed E-state index contributed by atoms with van der Waals surface area (Å²) in [6.45, 7) is 0.662. The smallest absolute Gasteiger partial charge is 0.255 e. The molecule has 2 rings (SSSR count). The van der Waals surface area contributed by atoms with Crippen LogP contribution >= 0.6 is 0 Å². The molecule has 1 aliphatic carbocycles. The zero-order chi connectivity index (χ0) is 14.9. The van der Waals surface area contributed by atoms with E-state index in [0.717, 1.165) is 12.8 Å². The summed E-state index contributed by atoms with van der Waals surface area (Å²) in [5, 5.41) is 0. The quantitative estimate of drug-likeness (QED) is 0.857. The van der Waals surface area contributed by atoms with Gasteiger partial charge in [0, 0.05) is 24.8 Å². The number of benzene rings is 1. The van der Waals surface area contributed by atoms with Gasteiger partial charge >= 0.3 is 0 Å². The van der Waals surface area contributed by atoms with Crippen molar-refractivity contribution in [3.05, 3.63) is 29.6 Å². The van der Waals surface area contributed by atoms with Crippen molar-refractivity contribution in [2.75, 3.05) is 33.4 Å². The molecule has 0 spiro atoms. The van der Waals surface area contributed by atoms with E-state index < -0.39 is 5.82 Å². The van der Waals surface area contributed by atoms with Crippen molar-refractivity contribution in [1.82, 2.24) is 9.80 Å². The minimum absolute atomic E-state index is 0.0687. The fourth-order valence-electron chi connectivity index (χ4n) is 2.78. The van der Waals surface area contributed by atoms with Crippen LogP contribution < -0.4 is 5.73 Å². The molecule has 1 aromatic rings. The molecule has 1 aliphatic rings. The molecule has 0 aromatic heterocycles. The molecular weight excluding hydrogens is 257 g/mol. The van der Waals surface area contributed by atoms with E-state index in [1.165, 1.54) is 24.6 Å². The van der Waals surface area contributed by atoms with E-state index in [0.29, 0.717) is 12.1 Å². The number of nitrogens with zero attached hydrogens (tertiary/aromatic N) is 2. The molecular formula is C15H22FN3O. The molecule has 0 aliphatic heterocycles. The highest BCUT2D eigenvalue weighted by atomic mass is 19.1. The van der Waals surface area contributed by atoms with Gasteiger partial charge in [0.1, 0.15) is 5.82 Å². The van der Waals surface area contributed by atoms with Gasteiger partial charge in [0.2, 0.25) is 0 Å². The number of hydrogen-bond donors (Lipinski definition) is 1. The van der Waals surface area contributed by atoms with Crippen molar-refractivity contribution in [3.8, 4) is 0 Å². The van der Waals surface area contributed by atoms with E-state index in [9.17, 15) is 9.18 Å². The first-order chi connectivity index (χ1) is 9.35. The Labute approximate surface area is 119 Å². The molecule has 4 nitrogen and oxygen atoms in total. The third-order valence-electron chi connectivity index (χ3n) is 4.36. The Morgan fingerprint density at radius 1 is 1.35 bits per heavy atom. The van der Waals surface area contributed by atoms with Gasteiger partial charge in [-0.05, 0) is 51.6 Å². The van der Waals surface area contributed by atoms with Crippen molar-refractivity contribution >= 4 is 11.6 Å². The van der Waals surface area contributed by atoms with Crippen LogP contribution in [0.5, 0.6) is 0 Å². The summed E-state index contributed by atoms with van der Waals surface area (Å²) in [4.78, 5) is 16.3. The van der Waals surface area contributed by atoms with Crippen LogP contribution in [-0.2, 0) is 0 Å². The Bertz CT molecular complexity index is 512. The maximum Gasteiger partial charge on any atom is 0.255 e. The van der Waals surface area contributed by atoms with Gasteiger partial charge in [0.15, 0.2) is 0 Å². The molecule has 110 valence electrons. The minimum Gasteiger partial charge on any atom is -0.398 e. The summed E-state index contributed by atoms with van der Waals surface area (Å²) in [6.07, 6.45) is 3.38. The molecule has 2 N–H and O–H groups in total. The molecule has 1 saturated carbocycles. The second kappa shape index (κ2) is 5.40. The average Bonchev–Trinajstić information content (AvgIpc) is 2.32. The summed E-state index contributed by atoms with van der Waals surface area (Å²) in [7, 11) is 5.86. The van der Waals surface area contributed by atoms with E-state index in [1.807, 2.05) is 14.1 Å². The maximum atomic E-state index is 13.0. The first-order valence-corrected chi connectivity index (χ1v) is 6.84. The van der Waals surface area contributed by atoms with E-state index in [2.05, 4.69) is 4.90 Å². The highest BCUT2D eigenvalue weighted by Gasteiger charge is 2.40. The number of anilines is 1. The molecule has 0 bridgehead atoms. The Balaban J connectivity index is 2.12. The minimum atomic E-state index is -0.426. The molecule has 0 atom stereocenters. The molecule has 0 unspecified atom stereocenters. The Morgan fingerprint density at radius 3 is 2.45 bits per heavy atom. The van der Waals surface area contributed by atoms with Crippen LogP contribution in [0.15, 0.2) is 18.2 Å². The number of carbonyl (C=O) groups is 1. The lowest BCUT2D eigenvalue weighted by Crippen LogP contribution is -2.57. The van der Waals surface area contributed by atoms with Gasteiger partial charge in [-0.1, -0.05) is 0 Å². The molecule has 5 heteroatoms. The summed E-state index contributed by atoms with van der Waals surface area (Å²) in [5.74, 6) is -0.582. The average molecular weight is 279 g/mol. The highest BCUT2D eigenvalue weighted by Crippen LogP contribution is 2.36. The summed E-state index contributed by atoms with van der Waals surface area (Å²) in [6, 6.07) is 3.90. The molecule has 1 aromatic carbocycles. The fraction of sp³-hybridized carbons (Fsp3) is 0.533. The normalized spacial score (nSPS) is 16.9.